The van der Waals surface area contributed by atoms with Crippen molar-refractivity contribution in [1.29, 1.82) is 5.26 Å². The van der Waals surface area contributed by atoms with Crippen molar-refractivity contribution in [2.45, 2.75) is 173 Å². The van der Waals surface area contributed by atoms with Crippen LogP contribution in [0.5, 0.6) is 11.8 Å². The van der Waals surface area contributed by atoms with Crippen molar-refractivity contribution in [2.24, 2.45) is 0 Å². The maximum Gasteiger partial charge on any atom is 0.260 e. The minimum absolute atomic E-state index is 0.0306. The molecular formula is C54H69N11O8P2. The van der Waals surface area contributed by atoms with Gasteiger partial charge in [0.2, 0.25) is 11.8 Å². The number of hydrogen-bond acceptors (Lipinski definition) is 17. The molecule has 0 amide bonds. The molecule has 4 aromatic heterocycles. The molecule has 0 saturated carbocycles. The summed E-state index contributed by atoms with van der Waals surface area (Å²) in [5.41, 5.74) is 4.29. The largest absolute Gasteiger partial charge is 0.476 e. The number of fused-ring (bicyclic) bond motifs is 4. The second kappa shape index (κ2) is 22.3. The van der Waals surface area contributed by atoms with Gasteiger partial charge in [0.1, 0.15) is 41.9 Å². The maximum absolute atomic E-state index is 8.85. The van der Waals surface area contributed by atoms with Crippen LogP contribution in [0.2, 0.25) is 0 Å². The highest BCUT2D eigenvalue weighted by atomic mass is 31.2. The second-order valence-corrected chi connectivity index (χ2v) is 23.3. The fourth-order valence-electron chi connectivity index (χ4n) is 11.7. The Bertz CT molecular complexity index is 2970. The van der Waals surface area contributed by atoms with Crippen LogP contribution in [0.4, 0.5) is 0 Å². The van der Waals surface area contributed by atoms with Crippen molar-refractivity contribution in [1.82, 2.24) is 48.4 Å². The third kappa shape index (κ3) is 10.1. The average Bonchev–Trinajstić information content (AvgIpc) is 4.30. The lowest BCUT2D eigenvalue weighted by molar-refractivity contribution is -0.0163. The van der Waals surface area contributed by atoms with Gasteiger partial charge in [-0.3, -0.25) is 9.13 Å². The first-order valence-corrected chi connectivity index (χ1v) is 29.1. The summed E-state index contributed by atoms with van der Waals surface area (Å²) in [6, 6.07) is 23.8. The van der Waals surface area contributed by atoms with Gasteiger partial charge in [0, 0.05) is 25.9 Å². The fraction of sp³-hybridized carbons (Fsp3) is 0.574. The lowest BCUT2D eigenvalue weighted by atomic mass is 9.87. The Hall–Kier alpha value is -4.83. The van der Waals surface area contributed by atoms with Crippen molar-refractivity contribution in [2.75, 3.05) is 26.3 Å². The SMILES string of the molecule is CCCOc1nc(C)nc2c1ncn2[C@H]1C[C@@H](O[P@@]2O[C@](C)(c3ccccc3)[C@@H]3CCCN32)[C@@H](CC)O1.CC[C@H]1O[C@@H](n2cnc3c(OCCC#N)nc(C)nc32)C[C@H]1O[P@]1O[C@@](C)(c2ccccc2)[C@H]2CCCN21. The Morgan fingerprint density at radius 1 is 0.653 bits per heavy atom. The van der Waals surface area contributed by atoms with Gasteiger partial charge in [-0.15, -0.1) is 0 Å². The van der Waals surface area contributed by atoms with E-state index < -0.39 is 17.1 Å². The summed E-state index contributed by atoms with van der Waals surface area (Å²) in [4.78, 5) is 27.3. The molecule has 2 aromatic carbocycles. The van der Waals surface area contributed by atoms with Crippen LogP contribution in [0.1, 0.15) is 134 Å². The number of imidazole rings is 2. The van der Waals surface area contributed by atoms with Gasteiger partial charge in [-0.2, -0.15) is 15.2 Å². The van der Waals surface area contributed by atoms with E-state index in [2.05, 4.69) is 135 Å². The van der Waals surface area contributed by atoms with E-state index in [4.69, 9.17) is 42.3 Å². The number of ether oxygens (including phenoxy) is 4. The summed E-state index contributed by atoms with van der Waals surface area (Å²) >= 11 is 0. The zero-order valence-corrected chi connectivity index (χ0v) is 45.8. The summed E-state index contributed by atoms with van der Waals surface area (Å²) in [5, 5.41) is 8.85. The van der Waals surface area contributed by atoms with Gasteiger partial charge in [0.25, 0.3) is 17.1 Å². The molecule has 6 aromatic rings. The number of benzene rings is 2. The van der Waals surface area contributed by atoms with E-state index in [-0.39, 0.29) is 61.1 Å². The summed E-state index contributed by atoms with van der Waals surface area (Å²) in [6.07, 6.45) is 11.5. The molecule has 0 N–H and O–H groups in total. The number of aromatic nitrogens is 8. The van der Waals surface area contributed by atoms with Crippen LogP contribution in [-0.4, -0.2) is 111 Å². The lowest BCUT2D eigenvalue weighted by Crippen LogP contribution is -2.36. The smallest absolute Gasteiger partial charge is 0.260 e. The van der Waals surface area contributed by atoms with Gasteiger partial charge in [-0.25, -0.2) is 29.3 Å². The average molecular weight is 1060 g/mol. The topological polar surface area (TPSA) is 191 Å². The van der Waals surface area contributed by atoms with Gasteiger partial charge in [0.05, 0.1) is 68.3 Å². The predicted octanol–water partition coefficient (Wildman–Crippen LogP) is 10.8. The Kier molecular flexibility index (Phi) is 15.5. The first-order chi connectivity index (χ1) is 36.5. The molecule has 0 aliphatic carbocycles. The minimum Gasteiger partial charge on any atom is -0.476 e. The highest BCUT2D eigenvalue weighted by Gasteiger charge is 2.58. The molecule has 6 aliphatic heterocycles. The monoisotopic (exact) mass is 1060 g/mol. The first-order valence-electron chi connectivity index (χ1n) is 26.8. The van der Waals surface area contributed by atoms with E-state index in [0.29, 0.717) is 71.6 Å². The minimum atomic E-state index is -1.21. The van der Waals surface area contributed by atoms with E-state index in [0.717, 1.165) is 57.3 Å². The first kappa shape index (κ1) is 52.2. The van der Waals surface area contributed by atoms with Crippen LogP contribution >= 0.6 is 17.1 Å². The lowest BCUT2D eigenvalue weighted by Gasteiger charge is -2.29. The summed E-state index contributed by atoms with van der Waals surface area (Å²) in [7, 11) is -2.40. The van der Waals surface area contributed by atoms with E-state index in [9.17, 15) is 0 Å². The molecule has 12 rings (SSSR count). The van der Waals surface area contributed by atoms with Crippen molar-refractivity contribution in [3.05, 3.63) is 96.1 Å². The van der Waals surface area contributed by atoms with Gasteiger partial charge in [0.15, 0.2) is 22.3 Å². The van der Waals surface area contributed by atoms with Crippen LogP contribution in [-0.2, 0) is 38.8 Å². The maximum atomic E-state index is 8.85. The molecule has 0 unspecified atom stereocenters. The molecule has 6 saturated heterocycles. The van der Waals surface area contributed by atoms with Crippen molar-refractivity contribution >= 4 is 39.4 Å². The van der Waals surface area contributed by atoms with Crippen molar-refractivity contribution < 1.29 is 37.0 Å². The fourth-order valence-corrected chi connectivity index (χ4v) is 16.0. The highest BCUT2D eigenvalue weighted by Crippen LogP contribution is 2.65. The standard InChI is InChI=1S/C27H33N6O4P.C27H36N5O4P/c1-4-20-21(36-38-33-14-8-12-22(33)27(3,37-38)19-10-6-5-7-11-19)16-23(35-20)32-17-29-24-25(32)30-18(2)31-26(24)34-15-9-13-28;1-5-15-33-26-24-25(29-18(3)30-26)31(17-28-24)23-16-21(20(6-2)34-23)35-37-32-14-10-13-22(32)27(4,36-37)19-11-8-7-9-12-19/h5-7,10-11,17,20-23H,4,8-9,12,14-16H2,1-3H3;7-9,11-12,17,20-23H,5-6,10,13-16H2,1-4H3/t20-,21-,22-,23-,27+,38-;20-,21-,22+,23-,27-,37+/m11/s1. The molecule has 0 spiro atoms. The molecule has 10 heterocycles. The molecule has 21 heteroatoms. The van der Waals surface area contributed by atoms with E-state index in [1.165, 1.54) is 17.5 Å². The molecule has 6 fully saturated rings. The predicted molar refractivity (Wildman–Crippen MR) is 282 cm³/mol. The Morgan fingerprint density at radius 3 is 1.53 bits per heavy atom. The third-order valence-electron chi connectivity index (χ3n) is 15.5. The molecule has 398 valence electrons. The molecule has 0 bridgehead atoms. The molecule has 0 radical (unpaired) electrons. The Morgan fingerprint density at radius 2 is 1.11 bits per heavy atom. The van der Waals surface area contributed by atoms with Gasteiger partial charge >= 0.3 is 0 Å². The molecule has 12 atom stereocenters. The van der Waals surface area contributed by atoms with Crippen LogP contribution < -0.4 is 9.47 Å². The number of aryl methyl sites for hydroxylation is 2. The Balaban J connectivity index is 0.000000161. The quantitative estimate of drug-likeness (QED) is 0.0656. The molecular weight excluding hydrogens is 993 g/mol. The van der Waals surface area contributed by atoms with E-state index >= 15 is 0 Å². The van der Waals surface area contributed by atoms with Crippen LogP contribution in [0.25, 0.3) is 22.3 Å². The van der Waals surface area contributed by atoms with Gasteiger partial charge in [-0.05, 0) is 83.8 Å². The van der Waals surface area contributed by atoms with Crippen LogP contribution in [0.15, 0.2) is 73.3 Å². The zero-order valence-electron chi connectivity index (χ0n) is 44.0. The molecule has 19 nitrogen and oxygen atoms in total. The van der Waals surface area contributed by atoms with Crippen molar-refractivity contribution in [3.63, 3.8) is 0 Å². The molecule has 6 aliphatic rings. The van der Waals surface area contributed by atoms with E-state index in [1.807, 2.05) is 29.0 Å². The van der Waals surface area contributed by atoms with E-state index in [1.54, 1.807) is 12.7 Å². The zero-order chi connectivity index (χ0) is 51.8. The number of nitrogens with zero attached hydrogens (tertiary/aromatic N) is 11. The third-order valence-corrected chi connectivity index (χ3v) is 19.3. The second-order valence-electron chi connectivity index (χ2n) is 20.5. The van der Waals surface area contributed by atoms with Crippen LogP contribution in [0.3, 0.4) is 0 Å². The highest BCUT2D eigenvalue weighted by molar-refractivity contribution is 7.45. The number of rotatable bonds is 16. The normalized spacial score (nSPS) is 31.4. The van der Waals surface area contributed by atoms with Crippen LogP contribution in [0, 0.1) is 25.2 Å². The van der Waals surface area contributed by atoms with Crippen molar-refractivity contribution in [3.8, 4) is 17.8 Å². The van der Waals surface area contributed by atoms with Gasteiger partial charge < -0.3 is 37.0 Å². The summed E-state index contributed by atoms with van der Waals surface area (Å²) in [5.74, 6) is 2.15. The number of nitriles is 1. The summed E-state index contributed by atoms with van der Waals surface area (Å²) in [6.45, 7) is 17.3. The Labute approximate surface area is 441 Å². The van der Waals surface area contributed by atoms with Gasteiger partial charge in [-0.1, -0.05) is 81.4 Å². The molecule has 75 heavy (non-hydrogen) atoms. The number of hydrogen-bond donors (Lipinski definition) is 0. The summed E-state index contributed by atoms with van der Waals surface area (Å²) < 4.78 is 60.6.